The summed E-state index contributed by atoms with van der Waals surface area (Å²) >= 11 is 0. The fourth-order valence-electron chi connectivity index (χ4n) is 0.991. The Labute approximate surface area is 92.0 Å². The van der Waals surface area contributed by atoms with Gasteiger partial charge in [-0.1, -0.05) is 12.0 Å². The van der Waals surface area contributed by atoms with Gasteiger partial charge < -0.3 is 9.84 Å². The van der Waals surface area contributed by atoms with E-state index in [1.165, 1.54) is 18.2 Å². The number of ether oxygens (including phenoxy) is 1. The zero-order valence-electron chi connectivity index (χ0n) is 8.27. The lowest BCUT2D eigenvalue weighted by atomic mass is 10.2. The molecule has 0 unspecified atom stereocenters. The van der Waals surface area contributed by atoms with E-state index in [2.05, 4.69) is 16.0 Å². The number of rotatable bonds is 3. The minimum atomic E-state index is -1.07. The van der Waals surface area contributed by atoms with Gasteiger partial charge in [-0.05, 0) is 18.2 Å². The third kappa shape index (κ3) is 3.35. The van der Waals surface area contributed by atoms with Gasteiger partial charge in [0, 0.05) is 5.69 Å². The van der Waals surface area contributed by atoms with Gasteiger partial charge in [0.25, 0.3) is 0 Å². The summed E-state index contributed by atoms with van der Waals surface area (Å²) in [6, 6.07) is 5.80. The number of hydrogen-bond acceptors (Lipinski definition) is 3. The number of benzene rings is 1. The predicted octanol–water partition coefficient (Wildman–Crippen LogP) is 1.57. The zero-order valence-corrected chi connectivity index (χ0v) is 8.27. The van der Waals surface area contributed by atoms with E-state index in [1.54, 1.807) is 6.07 Å². The third-order valence-corrected chi connectivity index (χ3v) is 1.64. The van der Waals surface area contributed by atoms with Crippen LogP contribution in [0.5, 0.6) is 0 Å². The number of aromatic carboxylic acids is 1. The second kappa shape index (κ2) is 5.41. The number of amides is 1. The van der Waals surface area contributed by atoms with Gasteiger partial charge in [-0.15, -0.1) is 6.42 Å². The van der Waals surface area contributed by atoms with Crippen LogP contribution in [0.2, 0.25) is 0 Å². The topological polar surface area (TPSA) is 75.6 Å². The van der Waals surface area contributed by atoms with E-state index in [-0.39, 0.29) is 12.2 Å². The molecule has 0 aromatic heterocycles. The normalized spacial score (nSPS) is 8.94. The van der Waals surface area contributed by atoms with Crippen LogP contribution in [0.4, 0.5) is 10.5 Å². The van der Waals surface area contributed by atoms with Gasteiger partial charge in [0.05, 0.1) is 5.56 Å². The molecule has 1 aromatic carbocycles. The average Bonchev–Trinajstić information content (AvgIpc) is 2.26. The van der Waals surface area contributed by atoms with Crippen molar-refractivity contribution in [2.75, 3.05) is 11.9 Å². The fourth-order valence-corrected chi connectivity index (χ4v) is 0.991. The molecule has 0 saturated carbocycles. The molecule has 5 heteroatoms. The van der Waals surface area contributed by atoms with Gasteiger partial charge in [0.15, 0.2) is 6.61 Å². The maximum atomic E-state index is 11.1. The summed E-state index contributed by atoms with van der Waals surface area (Å²) in [5, 5.41) is 11.1. The minimum Gasteiger partial charge on any atom is -0.478 e. The smallest absolute Gasteiger partial charge is 0.412 e. The van der Waals surface area contributed by atoms with E-state index < -0.39 is 12.1 Å². The van der Waals surface area contributed by atoms with Crippen molar-refractivity contribution in [3.05, 3.63) is 29.8 Å². The maximum absolute atomic E-state index is 11.1. The number of hydrogen-bond donors (Lipinski definition) is 2. The summed E-state index contributed by atoms with van der Waals surface area (Å²) < 4.78 is 4.56. The van der Waals surface area contributed by atoms with E-state index in [1.807, 2.05) is 0 Å². The number of carboxylic acid groups (broad SMARTS) is 1. The van der Waals surface area contributed by atoms with Gasteiger partial charge >= 0.3 is 12.1 Å². The Bertz CT molecular complexity index is 448. The summed E-state index contributed by atoms with van der Waals surface area (Å²) in [5.41, 5.74) is 0.414. The predicted molar refractivity (Wildman–Crippen MR) is 57.2 cm³/mol. The molecule has 82 valence electrons. The van der Waals surface area contributed by atoms with Crippen LogP contribution in [0.1, 0.15) is 10.4 Å². The van der Waals surface area contributed by atoms with E-state index >= 15 is 0 Å². The molecule has 0 spiro atoms. The molecule has 0 radical (unpaired) electrons. The molecule has 0 heterocycles. The standard InChI is InChI=1S/C11H9NO4/c1-2-6-16-11(15)12-9-5-3-4-8(7-9)10(13)14/h1,3-5,7H,6H2,(H,12,15)(H,13,14). The highest BCUT2D eigenvalue weighted by molar-refractivity contribution is 5.91. The first-order chi connectivity index (χ1) is 7.63. The van der Waals surface area contributed by atoms with Crippen molar-refractivity contribution in [1.82, 2.24) is 0 Å². The zero-order chi connectivity index (χ0) is 12.0. The largest absolute Gasteiger partial charge is 0.478 e. The Morgan fingerprint density at radius 1 is 1.50 bits per heavy atom. The highest BCUT2D eigenvalue weighted by atomic mass is 16.5. The number of carbonyl (C=O) groups is 2. The average molecular weight is 219 g/mol. The van der Waals surface area contributed by atoms with Crippen molar-refractivity contribution in [1.29, 1.82) is 0 Å². The van der Waals surface area contributed by atoms with Crippen molar-refractivity contribution in [3.8, 4) is 12.3 Å². The Hall–Kier alpha value is -2.48. The van der Waals surface area contributed by atoms with E-state index in [4.69, 9.17) is 11.5 Å². The Morgan fingerprint density at radius 3 is 2.88 bits per heavy atom. The Balaban J connectivity index is 2.67. The van der Waals surface area contributed by atoms with Crippen LogP contribution in [0.25, 0.3) is 0 Å². The molecule has 5 nitrogen and oxygen atoms in total. The lowest BCUT2D eigenvalue weighted by molar-refractivity contribution is 0.0697. The lowest BCUT2D eigenvalue weighted by Gasteiger charge is -2.05. The molecule has 0 bridgehead atoms. The van der Waals surface area contributed by atoms with Gasteiger partial charge in [-0.25, -0.2) is 9.59 Å². The number of carboxylic acids is 1. The van der Waals surface area contributed by atoms with Crippen molar-refractivity contribution in [2.24, 2.45) is 0 Å². The molecule has 0 aliphatic rings. The minimum absolute atomic E-state index is 0.0785. The molecular weight excluding hydrogens is 210 g/mol. The SMILES string of the molecule is C#CCOC(=O)Nc1cccc(C(=O)O)c1. The Kier molecular flexibility index (Phi) is 3.92. The Morgan fingerprint density at radius 2 is 2.25 bits per heavy atom. The molecule has 1 rings (SSSR count). The number of nitrogens with one attached hydrogen (secondary N) is 1. The second-order valence-corrected chi connectivity index (χ2v) is 2.79. The van der Waals surface area contributed by atoms with Crippen LogP contribution >= 0.6 is 0 Å². The van der Waals surface area contributed by atoms with Crippen LogP contribution < -0.4 is 5.32 Å². The van der Waals surface area contributed by atoms with Crippen molar-refractivity contribution in [3.63, 3.8) is 0 Å². The van der Waals surface area contributed by atoms with Gasteiger partial charge in [0.1, 0.15) is 0 Å². The fraction of sp³-hybridized carbons (Fsp3) is 0.0909. The second-order valence-electron chi connectivity index (χ2n) is 2.79. The monoisotopic (exact) mass is 219 g/mol. The summed E-state index contributed by atoms with van der Waals surface area (Å²) in [6.45, 7) is -0.134. The van der Waals surface area contributed by atoms with Crippen LogP contribution in [-0.4, -0.2) is 23.8 Å². The molecular formula is C11H9NO4. The van der Waals surface area contributed by atoms with Gasteiger partial charge in [-0.3, -0.25) is 5.32 Å². The van der Waals surface area contributed by atoms with Gasteiger partial charge in [0.2, 0.25) is 0 Å². The number of carbonyl (C=O) groups excluding carboxylic acids is 1. The molecule has 1 amide bonds. The highest BCUT2D eigenvalue weighted by Gasteiger charge is 2.06. The third-order valence-electron chi connectivity index (χ3n) is 1.64. The molecule has 1 aromatic rings. The van der Waals surface area contributed by atoms with E-state index in [0.717, 1.165) is 0 Å². The number of anilines is 1. The van der Waals surface area contributed by atoms with E-state index in [0.29, 0.717) is 5.69 Å². The highest BCUT2D eigenvalue weighted by Crippen LogP contribution is 2.10. The van der Waals surface area contributed by atoms with Crippen LogP contribution in [0, 0.1) is 12.3 Å². The summed E-state index contributed by atoms with van der Waals surface area (Å²) in [5.74, 6) is 1.07. The van der Waals surface area contributed by atoms with E-state index in [9.17, 15) is 9.59 Å². The molecule has 0 aliphatic carbocycles. The first kappa shape index (κ1) is 11.6. The van der Waals surface area contributed by atoms with Crippen LogP contribution in [0.15, 0.2) is 24.3 Å². The summed E-state index contributed by atoms with van der Waals surface area (Å²) in [6.07, 6.45) is 4.18. The molecule has 0 atom stereocenters. The first-order valence-corrected chi connectivity index (χ1v) is 4.34. The van der Waals surface area contributed by atoms with Gasteiger partial charge in [-0.2, -0.15) is 0 Å². The molecule has 0 fully saturated rings. The van der Waals surface area contributed by atoms with Crippen LogP contribution in [0.3, 0.4) is 0 Å². The molecule has 0 saturated heterocycles. The van der Waals surface area contributed by atoms with Crippen molar-refractivity contribution in [2.45, 2.75) is 0 Å². The maximum Gasteiger partial charge on any atom is 0.412 e. The van der Waals surface area contributed by atoms with Crippen molar-refractivity contribution >= 4 is 17.7 Å². The molecule has 16 heavy (non-hydrogen) atoms. The van der Waals surface area contributed by atoms with Crippen molar-refractivity contribution < 1.29 is 19.4 Å². The molecule has 2 N–H and O–H groups in total. The summed E-state index contributed by atoms with van der Waals surface area (Å²) in [7, 11) is 0. The first-order valence-electron chi connectivity index (χ1n) is 4.34. The number of terminal acetylenes is 1. The molecule has 0 aliphatic heterocycles. The summed E-state index contributed by atoms with van der Waals surface area (Å²) in [4.78, 5) is 21.7. The van der Waals surface area contributed by atoms with Crippen LogP contribution in [-0.2, 0) is 4.74 Å². The lowest BCUT2D eigenvalue weighted by Crippen LogP contribution is -2.14. The quantitative estimate of drug-likeness (QED) is 0.756.